The molecule has 0 radical (unpaired) electrons. The molecule has 1 aliphatic heterocycles. The molecule has 2 aliphatic rings. The zero-order valence-electron chi connectivity index (χ0n) is 11.9. The van der Waals surface area contributed by atoms with E-state index in [-0.39, 0.29) is 5.54 Å². The van der Waals surface area contributed by atoms with Gasteiger partial charge in [0, 0.05) is 24.3 Å². The third kappa shape index (κ3) is 2.23. The van der Waals surface area contributed by atoms with Crippen molar-refractivity contribution in [1.82, 2.24) is 4.98 Å². The van der Waals surface area contributed by atoms with Crippen molar-refractivity contribution in [2.45, 2.75) is 45.2 Å². The maximum atomic E-state index is 5.94. The molecule has 0 spiro atoms. The Labute approximate surface area is 115 Å². The summed E-state index contributed by atoms with van der Waals surface area (Å²) < 4.78 is 5.60. The van der Waals surface area contributed by atoms with E-state index in [1.165, 1.54) is 23.2 Å². The van der Waals surface area contributed by atoms with E-state index in [1.807, 2.05) is 0 Å². The Morgan fingerprint density at radius 3 is 3.00 bits per heavy atom. The lowest BCUT2D eigenvalue weighted by Crippen LogP contribution is -2.54. The molecule has 0 saturated carbocycles. The van der Waals surface area contributed by atoms with Crippen molar-refractivity contribution in [2.24, 2.45) is 5.73 Å². The molecule has 3 rings (SSSR count). The highest BCUT2D eigenvalue weighted by atomic mass is 16.5. The van der Waals surface area contributed by atoms with Gasteiger partial charge >= 0.3 is 0 Å². The van der Waals surface area contributed by atoms with Gasteiger partial charge in [-0.15, -0.1) is 0 Å². The number of hydrogen-bond donors (Lipinski definition) is 1. The molecule has 104 valence electrons. The van der Waals surface area contributed by atoms with Gasteiger partial charge in [0.1, 0.15) is 5.82 Å². The highest BCUT2D eigenvalue weighted by Crippen LogP contribution is 2.32. The van der Waals surface area contributed by atoms with Crippen LogP contribution in [0.1, 0.15) is 37.1 Å². The van der Waals surface area contributed by atoms with Gasteiger partial charge in [-0.25, -0.2) is 4.98 Å². The molecule has 4 heteroatoms. The fraction of sp³-hybridized carbons (Fsp3) is 0.667. The Kier molecular flexibility index (Phi) is 3.23. The van der Waals surface area contributed by atoms with Gasteiger partial charge in [-0.2, -0.15) is 0 Å². The normalized spacial score (nSPS) is 21.5. The molecule has 0 bridgehead atoms. The maximum Gasteiger partial charge on any atom is 0.133 e. The predicted octanol–water partition coefficient (Wildman–Crippen LogP) is 1.64. The van der Waals surface area contributed by atoms with E-state index in [0.717, 1.165) is 38.4 Å². The zero-order chi connectivity index (χ0) is 13.5. The Hall–Kier alpha value is -1.13. The molecule has 1 aromatic rings. The molecular formula is C15H23N3O. The number of aromatic nitrogens is 1. The standard InChI is InChI=1S/C15H23N3O/c1-15(2)10-19-7-6-18(15)14-12(9-16)8-11-4-3-5-13(11)17-14/h8H,3-7,9-10,16H2,1-2H3. The molecule has 1 saturated heterocycles. The Morgan fingerprint density at radius 1 is 1.42 bits per heavy atom. The van der Waals surface area contributed by atoms with E-state index in [0.29, 0.717) is 6.54 Å². The molecule has 0 amide bonds. The van der Waals surface area contributed by atoms with Crippen LogP contribution in [0.25, 0.3) is 0 Å². The van der Waals surface area contributed by atoms with Crippen LogP contribution >= 0.6 is 0 Å². The summed E-state index contributed by atoms with van der Waals surface area (Å²) in [6, 6.07) is 2.27. The Bertz CT molecular complexity index is 485. The van der Waals surface area contributed by atoms with Crippen molar-refractivity contribution in [3.05, 3.63) is 22.9 Å². The monoisotopic (exact) mass is 261 g/mol. The van der Waals surface area contributed by atoms with E-state index in [1.54, 1.807) is 0 Å². The first-order valence-electron chi connectivity index (χ1n) is 7.19. The van der Waals surface area contributed by atoms with Gasteiger partial charge in [0.05, 0.1) is 18.8 Å². The van der Waals surface area contributed by atoms with Crippen LogP contribution in [0, 0.1) is 0 Å². The minimum atomic E-state index is -0.0119. The van der Waals surface area contributed by atoms with Crippen LogP contribution in [0.4, 0.5) is 5.82 Å². The SMILES string of the molecule is CC1(C)COCCN1c1nc2c(cc1CN)CCC2. The fourth-order valence-corrected chi connectivity index (χ4v) is 3.14. The van der Waals surface area contributed by atoms with E-state index < -0.39 is 0 Å². The molecule has 4 nitrogen and oxygen atoms in total. The molecular weight excluding hydrogens is 238 g/mol. The van der Waals surface area contributed by atoms with E-state index in [2.05, 4.69) is 24.8 Å². The first-order chi connectivity index (χ1) is 9.12. The molecule has 1 aromatic heterocycles. The Morgan fingerprint density at radius 2 is 2.26 bits per heavy atom. The van der Waals surface area contributed by atoms with Crippen LogP contribution in [-0.4, -0.2) is 30.3 Å². The molecule has 0 atom stereocenters. The molecule has 0 unspecified atom stereocenters. The summed E-state index contributed by atoms with van der Waals surface area (Å²) in [5.41, 5.74) is 9.78. The molecule has 1 fully saturated rings. The molecule has 0 aromatic carbocycles. The van der Waals surface area contributed by atoms with Crippen LogP contribution in [-0.2, 0) is 24.1 Å². The third-order valence-corrected chi connectivity index (χ3v) is 4.23. The summed E-state index contributed by atoms with van der Waals surface area (Å²) in [5.74, 6) is 1.08. The van der Waals surface area contributed by atoms with Crippen molar-refractivity contribution in [3.8, 4) is 0 Å². The van der Waals surface area contributed by atoms with Crippen molar-refractivity contribution in [3.63, 3.8) is 0 Å². The minimum absolute atomic E-state index is 0.0119. The lowest BCUT2D eigenvalue weighted by Gasteiger charge is -2.43. The minimum Gasteiger partial charge on any atom is -0.377 e. The average molecular weight is 261 g/mol. The van der Waals surface area contributed by atoms with Crippen molar-refractivity contribution < 1.29 is 4.74 Å². The number of pyridine rings is 1. The van der Waals surface area contributed by atoms with E-state index >= 15 is 0 Å². The van der Waals surface area contributed by atoms with Gasteiger partial charge in [0.25, 0.3) is 0 Å². The second-order valence-corrected chi connectivity index (χ2v) is 6.15. The topological polar surface area (TPSA) is 51.4 Å². The van der Waals surface area contributed by atoms with E-state index in [4.69, 9.17) is 15.5 Å². The smallest absolute Gasteiger partial charge is 0.133 e. The van der Waals surface area contributed by atoms with Crippen molar-refractivity contribution >= 4 is 5.82 Å². The van der Waals surface area contributed by atoms with Gasteiger partial charge in [0.15, 0.2) is 0 Å². The number of nitrogens with two attached hydrogens (primary N) is 1. The molecule has 19 heavy (non-hydrogen) atoms. The number of nitrogens with zero attached hydrogens (tertiary/aromatic N) is 2. The van der Waals surface area contributed by atoms with Gasteiger partial charge in [-0.05, 0) is 44.7 Å². The van der Waals surface area contributed by atoms with Crippen LogP contribution in [0.3, 0.4) is 0 Å². The lowest BCUT2D eigenvalue weighted by molar-refractivity contribution is 0.0638. The third-order valence-electron chi connectivity index (χ3n) is 4.23. The summed E-state index contributed by atoms with van der Waals surface area (Å²) in [7, 11) is 0. The van der Waals surface area contributed by atoms with E-state index in [9.17, 15) is 0 Å². The number of fused-ring (bicyclic) bond motifs is 1. The largest absolute Gasteiger partial charge is 0.377 e. The number of anilines is 1. The van der Waals surface area contributed by atoms with Gasteiger partial charge in [0.2, 0.25) is 0 Å². The number of hydrogen-bond acceptors (Lipinski definition) is 4. The highest BCUT2D eigenvalue weighted by Gasteiger charge is 2.33. The number of aryl methyl sites for hydroxylation is 2. The van der Waals surface area contributed by atoms with Crippen molar-refractivity contribution in [1.29, 1.82) is 0 Å². The molecule has 2 heterocycles. The van der Waals surface area contributed by atoms with Crippen LogP contribution < -0.4 is 10.6 Å². The summed E-state index contributed by atoms with van der Waals surface area (Å²) in [6.07, 6.45) is 3.49. The average Bonchev–Trinajstić information content (AvgIpc) is 2.83. The van der Waals surface area contributed by atoms with Gasteiger partial charge < -0.3 is 15.4 Å². The predicted molar refractivity (Wildman–Crippen MR) is 76.4 cm³/mol. The number of morpholine rings is 1. The van der Waals surface area contributed by atoms with Crippen LogP contribution in [0.5, 0.6) is 0 Å². The molecule has 1 aliphatic carbocycles. The van der Waals surface area contributed by atoms with Crippen molar-refractivity contribution in [2.75, 3.05) is 24.7 Å². The fourth-order valence-electron chi connectivity index (χ4n) is 3.14. The second kappa shape index (κ2) is 4.76. The summed E-state index contributed by atoms with van der Waals surface area (Å²) >= 11 is 0. The van der Waals surface area contributed by atoms with Crippen LogP contribution in [0.15, 0.2) is 6.07 Å². The first kappa shape index (κ1) is 12.9. The summed E-state index contributed by atoms with van der Waals surface area (Å²) in [6.45, 7) is 7.39. The molecule has 2 N–H and O–H groups in total. The van der Waals surface area contributed by atoms with Crippen LogP contribution in [0.2, 0.25) is 0 Å². The Balaban J connectivity index is 2.03. The zero-order valence-corrected chi connectivity index (χ0v) is 11.9. The lowest BCUT2D eigenvalue weighted by atomic mass is 10.0. The van der Waals surface area contributed by atoms with Gasteiger partial charge in [-0.1, -0.05) is 0 Å². The number of ether oxygens (including phenoxy) is 1. The first-order valence-corrected chi connectivity index (χ1v) is 7.19. The quantitative estimate of drug-likeness (QED) is 0.879. The second-order valence-electron chi connectivity index (χ2n) is 6.15. The summed E-state index contributed by atoms with van der Waals surface area (Å²) in [4.78, 5) is 7.31. The maximum absolute atomic E-state index is 5.94. The highest BCUT2D eigenvalue weighted by molar-refractivity contribution is 5.53. The van der Waals surface area contributed by atoms with Gasteiger partial charge in [-0.3, -0.25) is 0 Å². The number of rotatable bonds is 2. The summed E-state index contributed by atoms with van der Waals surface area (Å²) in [5, 5.41) is 0.